The fraction of sp³-hybridized carbons (Fsp3) is 0.818. The van der Waals surface area contributed by atoms with Crippen molar-refractivity contribution in [1.29, 1.82) is 0 Å². The van der Waals surface area contributed by atoms with Crippen LogP contribution in [0.2, 0.25) is 0 Å². The molecule has 48 heavy (non-hydrogen) atoms. The number of nitrogens with zero attached hydrogens (tertiary/aromatic N) is 1. The monoisotopic (exact) mass is 671 g/mol. The van der Waals surface area contributed by atoms with Crippen molar-refractivity contribution in [3.8, 4) is 0 Å². The van der Waals surface area contributed by atoms with Gasteiger partial charge in [-0.3, -0.25) is 0 Å². The molecule has 1 saturated heterocycles. The van der Waals surface area contributed by atoms with Gasteiger partial charge in [0.2, 0.25) is 0 Å². The van der Waals surface area contributed by atoms with Crippen molar-refractivity contribution in [1.82, 2.24) is 4.90 Å². The van der Waals surface area contributed by atoms with Crippen molar-refractivity contribution in [3.05, 3.63) is 48.6 Å². The molecule has 1 fully saturated rings. The van der Waals surface area contributed by atoms with Crippen LogP contribution in [0.25, 0.3) is 0 Å². The molecule has 4 heteroatoms. The van der Waals surface area contributed by atoms with Gasteiger partial charge in [-0.15, -0.1) is 0 Å². The van der Waals surface area contributed by atoms with E-state index < -0.39 is 0 Å². The molecule has 280 valence electrons. The Hall–Kier alpha value is -1.20. The maximum absolute atomic E-state index is 6.58. The molecule has 2 N–H and O–H groups in total. The average molecular weight is 671 g/mol. The topological polar surface area (TPSA) is 47.7 Å². The zero-order valence-corrected chi connectivity index (χ0v) is 32.2. The second kappa shape index (κ2) is 37.1. The maximum Gasteiger partial charge on any atom is 0.133 e. The fourth-order valence-electron chi connectivity index (χ4n) is 6.39. The van der Waals surface area contributed by atoms with E-state index in [0.29, 0.717) is 0 Å². The van der Waals surface area contributed by atoms with Crippen LogP contribution in [-0.2, 0) is 9.47 Å². The lowest BCUT2D eigenvalue weighted by Crippen LogP contribution is -2.48. The van der Waals surface area contributed by atoms with Crippen molar-refractivity contribution >= 4 is 0 Å². The van der Waals surface area contributed by atoms with Crippen LogP contribution < -0.4 is 5.73 Å². The number of piperidine rings is 1. The third kappa shape index (κ3) is 30.8. The minimum absolute atomic E-state index is 0.0225. The molecule has 0 aromatic heterocycles. The molecule has 0 spiro atoms. The number of rotatable bonds is 35. The molecule has 1 aliphatic rings. The van der Waals surface area contributed by atoms with Gasteiger partial charge in [0.1, 0.15) is 12.3 Å². The summed E-state index contributed by atoms with van der Waals surface area (Å²) < 4.78 is 12.5. The minimum Gasteiger partial charge on any atom is -0.373 e. The number of nitrogens with two attached hydrogens (primary N) is 1. The summed E-state index contributed by atoms with van der Waals surface area (Å²) in [4.78, 5) is 2.54. The summed E-state index contributed by atoms with van der Waals surface area (Å²) in [6.45, 7) is 9.33. The van der Waals surface area contributed by atoms with Gasteiger partial charge >= 0.3 is 0 Å². The largest absolute Gasteiger partial charge is 0.373 e. The third-order valence-corrected chi connectivity index (χ3v) is 9.59. The van der Waals surface area contributed by atoms with Crippen LogP contribution in [0.3, 0.4) is 0 Å². The van der Waals surface area contributed by atoms with Crippen molar-refractivity contribution in [2.24, 2.45) is 5.73 Å². The van der Waals surface area contributed by atoms with Crippen LogP contribution in [0.1, 0.15) is 187 Å². The van der Waals surface area contributed by atoms with Crippen LogP contribution in [0.15, 0.2) is 48.6 Å². The first-order valence-corrected chi connectivity index (χ1v) is 21.1. The normalized spacial score (nSPS) is 16.0. The van der Waals surface area contributed by atoms with Crippen molar-refractivity contribution in [2.75, 3.05) is 32.8 Å². The number of unbranched alkanes of at least 4 members (excludes halogenated alkanes) is 18. The van der Waals surface area contributed by atoms with Crippen LogP contribution in [0.4, 0.5) is 0 Å². The summed E-state index contributed by atoms with van der Waals surface area (Å²) in [6.07, 6.45) is 52.7. The molecule has 0 saturated carbocycles. The number of ether oxygens (including phenoxy) is 2. The van der Waals surface area contributed by atoms with Crippen LogP contribution >= 0.6 is 0 Å². The lowest BCUT2D eigenvalue weighted by molar-refractivity contribution is -0.0846. The molecule has 1 aliphatic heterocycles. The van der Waals surface area contributed by atoms with Crippen molar-refractivity contribution in [3.63, 3.8) is 0 Å². The molecular formula is C44H82N2O2. The highest BCUT2D eigenvalue weighted by Crippen LogP contribution is 2.14. The van der Waals surface area contributed by atoms with E-state index >= 15 is 0 Å². The first kappa shape index (κ1) is 44.8. The predicted octanol–water partition coefficient (Wildman–Crippen LogP) is 12.8. The van der Waals surface area contributed by atoms with Gasteiger partial charge in [0.25, 0.3) is 0 Å². The maximum atomic E-state index is 6.58. The van der Waals surface area contributed by atoms with Gasteiger partial charge in [0, 0.05) is 19.8 Å². The molecule has 0 aromatic carbocycles. The lowest BCUT2D eigenvalue weighted by atomic mass is 10.1. The third-order valence-electron chi connectivity index (χ3n) is 9.59. The SMILES string of the molecule is CCCCC/C=C\C/C=C\CCCCCCCCOC(N)C(CN1CCCCC1)OCCCCCCCC/C=C\C/C=C\CCCCC. The van der Waals surface area contributed by atoms with Crippen LogP contribution in [0, 0.1) is 0 Å². The summed E-state index contributed by atoms with van der Waals surface area (Å²) in [6, 6.07) is 0. The van der Waals surface area contributed by atoms with E-state index in [2.05, 4.69) is 67.4 Å². The Morgan fingerprint density at radius 3 is 1.33 bits per heavy atom. The van der Waals surface area contributed by atoms with Crippen LogP contribution in [0.5, 0.6) is 0 Å². The van der Waals surface area contributed by atoms with Gasteiger partial charge in [-0.05, 0) is 103 Å². The predicted molar refractivity (Wildman–Crippen MR) is 213 cm³/mol. The van der Waals surface area contributed by atoms with Gasteiger partial charge in [-0.25, -0.2) is 0 Å². The Morgan fingerprint density at radius 2 is 0.875 bits per heavy atom. The number of hydrogen-bond acceptors (Lipinski definition) is 4. The van der Waals surface area contributed by atoms with Crippen molar-refractivity contribution < 1.29 is 9.47 Å². The minimum atomic E-state index is -0.325. The average Bonchev–Trinajstić information content (AvgIpc) is 3.10. The molecule has 0 aliphatic carbocycles. The van der Waals surface area contributed by atoms with Crippen LogP contribution in [-0.4, -0.2) is 50.1 Å². The second-order valence-electron chi connectivity index (χ2n) is 14.3. The zero-order valence-electron chi connectivity index (χ0n) is 32.2. The summed E-state index contributed by atoms with van der Waals surface area (Å²) >= 11 is 0. The van der Waals surface area contributed by atoms with E-state index in [1.54, 1.807) is 0 Å². The first-order valence-electron chi connectivity index (χ1n) is 21.1. The Labute approximate surface area is 300 Å². The molecule has 4 nitrogen and oxygen atoms in total. The molecule has 0 aromatic rings. The van der Waals surface area contributed by atoms with E-state index in [-0.39, 0.29) is 12.3 Å². The molecule has 2 atom stereocenters. The molecule has 1 heterocycles. The fourth-order valence-corrected chi connectivity index (χ4v) is 6.39. The quantitative estimate of drug-likeness (QED) is 0.0414. The molecule has 0 bridgehead atoms. The first-order chi connectivity index (χ1) is 23.8. The lowest BCUT2D eigenvalue weighted by Gasteiger charge is -2.33. The molecule has 0 amide bonds. The van der Waals surface area contributed by atoms with Gasteiger partial charge in [0.05, 0.1) is 0 Å². The Morgan fingerprint density at radius 1 is 0.479 bits per heavy atom. The summed E-state index contributed by atoms with van der Waals surface area (Å²) in [7, 11) is 0. The van der Waals surface area contributed by atoms with E-state index in [9.17, 15) is 0 Å². The Bertz CT molecular complexity index is 755. The zero-order chi connectivity index (χ0) is 34.4. The molecule has 0 radical (unpaired) electrons. The number of allylic oxidation sites excluding steroid dienone is 8. The van der Waals surface area contributed by atoms with Gasteiger partial charge in [-0.1, -0.05) is 146 Å². The Balaban J connectivity index is 2.08. The number of likely N-dealkylation sites (tertiary alicyclic amines) is 1. The number of hydrogen-bond donors (Lipinski definition) is 1. The van der Waals surface area contributed by atoms with Crippen molar-refractivity contribution in [2.45, 2.75) is 200 Å². The standard InChI is InChI=1S/C44H82N2O2/c1-3-5-7-9-11-13-15-17-19-21-23-25-27-29-31-36-40-47-43(42-46-38-34-33-35-39-46)44(45)48-41-37-32-30-28-26-24-22-20-18-16-14-12-10-8-6-4-2/h11-14,17-20,43-44H,3-10,15-16,21-42,45H2,1-2H3/b13-11-,14-12-,19-17-,20-18-. The highest BCUT2D eigenvalue weighted by atomic mass is 16.5. The summed E-state index contributed by atoms with van der Waals surface area (Å²) in [5.74, 6) is 0. The Kier molecular flexibility index (Phi) is 34.6. The molecule has 1 rings (SSSR count). The molecule has 2 unspecified atom stereocenters. The van der Waals surface area contributed by atoms with Gasteiger partial charge in [-0.2, -0.15) is 0 Å². The molecular weight excluding hydrogens is 588 g/mol. The van der Waals surface area contributed by atoms with Gasteiger partial charge in [0.15, 0.2) is 0 Å². The van der Waals surface area contributed by atoms with E-state index in [1.807, 2.05) is 0 Å². The summed E-state index contributed by atoms with van der Waals surface area (Å²) in [5, 5.41) is 0. The highest BCUT2D eigenvalue weighted by molar-refractivity contribution is 4.93. The van der Waals surface area contributed by atoms with E-state index in [0.717, 1.165) is 45.4 Å². The van der Waals surface area contributed by atoms with E-state index in [1.165, 1.54) is 161 Å². The smallest absolute Gasteiger partial charge is 0.133 e. The summed E-state index contributed by atoms with van der Waals surface area (Å²) in [5.41, 5.74) is 6.58. The second-order valence-corrected chi connectivity index (χ2v) is 14.3. The van der Waals surface area contributed by atoms with E-state index in [4.69, 9.17) is 15.2 Å². The van der Waals surface area contributed by atoms with Gasteiger partial charge < -0.3 is 20.1 Å². The highest BCUT2D eigenvalue weighted by Gasteiger charge is 2.23.